The van der Waals surface area contributed by atoms with E-state index in [2.05, 4.69) is 59.0 Å². The monoisotopic (exact) mass is 586 g/mol. The van der Waals surface area contributed by atoms with Gasteiger partial charge in [-0.25, -0.2) is 0 Å². The van der Waals surface area contributed by atoms with Gasteiger partial charge in [0.15, 0.2) is 0 Å². The average molecular weight is 587 g/mol. The van der Waals surface area contributed by atoms with Crippen molar-refractivity contribution in [2.24, 2.45) is 11.3 Å². The number of hydrogen-bond donors (Lipinski definition) is 3. The molecule has 2 aromatic rings. The molecule has 0 aromatic heterocycles. The van der Waals surface area contributed by atoms with Crippen LogP contribution in [-0.2, 0) is 25.5 Å². The molecule has 3 heterocycles. The molecule has 8 heteroatoms. The molecule has 3 aliphatic heterocycles. The topological polar surface area (TPSA) is 99.8 Å². The molecule has 2 aromatic carbocycles. The van der Waals surface area contributed by atoms with Crippen LogP contribution in [0.25, 0.3) is 0 Å². The first-order valence-corrected chi connectivity index (χ1v) is 15.8. The van der Waals surface area contributed by atoms with Gasteiger partial charge in [-0.2, -0.15) is 0 Å². The molecule has 2 fully saturated rings. The van der Waals surface area contributed by atoms with E-state index in [0.717, 1.165) is 24.1 Å². The molecule has 0 unspecified atom stereocenters. The highest BCUT2D eigenvalue weighted by molar-refractivity contribution is 5.92. The highest BCUT2D eigenvalue weighted by atomic mass is 16.5. The molecule has 3 N–H and O–H groups in total. The van der Waals surface area contributed by atoms with Crippen molar-refractivity contribution in [2.45, 2.75) is 70.4 Å². The summed E-state index contributed by atoms with van der Waals surface area (Å²) in [6.07, 6.45) is 8.16. The Bertz CT molecular complexity index is 1270. The Morgan fingerprint density at radius 3 is 2.49 bits per heavy atom. The maximum atomic E-state index is 13.8. The normalized spacial score (nSPS) is 25.5. The second kappa shape index (κ2) is 14.3. The van der Waals surface area contributed by atoms with Crippen LogP contribution in [0.1, 0.15) is 63.0 Å². The maximum Gasteiger partial charge on any atom is 0.243 e. The molecule has 8 nitrogen and oxygen atoms in total. The summed E-state index contributed by atoms with van der Waals surface area (Å²) < 4.78 is 5.61. The Labute approximate surface area is 255 Å². The lowest BCUT2D eigenvalue weighted by Crippen LogP contribution is -2.58. The largest absolute Gasteiger partial charge is 0.381 e. The number of fused-ring (bicyclic) bond motifs is 1. The van der Waals surface area contributed by atoms with Crippen LogP contribution in [0.5, 0.6) is 0 Å². The number of benzene rings is 2. The van der Waals surface area contributed by atoms with Gasteiger partial charge >= 0.3 is 0 Å². The standard InChI is InChI=1S/C35H46N4O4/c1-25(2)27-11-13-29(14-12-27)36-32(40)24-39-19-15-30-28(23-39)10-6-7-16-35(17-20-43-21-18-35)34(42)38-31(33(41)37-30)22-26-8-4-3-5-9-26/h3-9,11-14,25,28,30-31H,10,15-24H2,1-2H3,(H,36,40)(H,37,41)(H,38,42)/b7-6+/t28-,30+,31+/m0/s1. The zero-order valence-electron chi connectivity index (χ0n) is 25.5. The van der Waals surface area contributed by atoms with Crippen LogP contribution in [0, 0.1) is 11.3 Å². The lowest BCUT2D eigenvalue weighted by atomic mass is 9.75. The first-order valence-electron chi connectivity index (χ1n) is 15.8. The van der Waals surface area contributed by atoms with Gasteiger partial charge in [0, 0.05) is 44.5 Å². The van der Waals surface area contributed by atoms with Crippen LogP contribution in [0.3, 0.4) is 0 Å². The third-order valence-corrected chi connectivity index (χ3v) is 9.32. The maximum absolute atomic E-state index is 13.8. The number of piperidine rings is 1. The van der Waals surface area contributed by atoms with E-state index >= 15 is 0 Å². The minimum Gasteiger partial charge on any atom is -0.381 e. The predicted octanol–water partition coefficient (Wildman–Crippen LogP) is 4.43. The SMILES string of the molecule is CC(C)c1ccc(NC(=O)CN2CC[C@H]3NC(=O)[C@@H](Cc4ccccc4)NC(=O)C4(C/C=C/C[C@H]3C2)CCOCC4)cc1. The molecule has 0 aliphatic carbocycles. The van der Waals surface area contributed by atoms with Crippen molar-refractivity contribution in [3.05, 3.63) is 77.9 Å². The van der Waals surface area contributed by atoms with Crippen molar-refractivity contribution in [3.63, 3.8) is 0 Å². The van der Waals surface area contributed by atoms with Crippen molar-refractivity contribution >= 4 is 23.4 Å². The minimum atomic E-state index is -0.662. The second-order valence-electron chi connectivity index (χ2n) is 12.7. The number of anilines is 1. The fourth-order valence-electron chi connectivity index (χ4n) is 6.55. The number of allylic oxidation sites excluding steroid dienone is 2. The summed E-state index contributed by atoms with van der Waals surface area (Å²) in [5.74, 6) is 0.364. The Morgan fingerprint density at radius 1 is 1.02 bits per heavy atom. The molecule has 2 saturated heterocycles. The van der Waals surface area contributed by atoms with Gasteiger partial charge in [0.1, 0.15) is 6.04 Å². The number of hydrogen-bond acceptors (Lipinski definition) is 5. The molecule has 230 valence electrons. The van der Waals surface area contributed by atoms with Crippen molar-refractivity contribution in [1.82, 2.24) is 15.5 Å². The van der Waals surface area contributed by atoms with Gasteiger partial charge in [-0.05, 0) is 67.2 Å². The van der Waals surface area contributed by atoms with E-state index in [1.54, 1.807) is 0 Å². The Hall–Kier alpha value is -3.49. The Balaban J connectivity index is 1.29. The van der Waals surface area contributed by atoms with Crippen LogP contribution >= 0.6 is 0 Å². The number of likely N-dealkylation sites (tertiary alicyclic amines) is 1. The van der Waals surface area contributed by atoms with Gasteiger partial charge in [0.25, 0.3) is 0 Å². The first kappa shape index (κ1) is 31.0. The number of ether oxygens (including phenoxy) is 1. The number of carbonyl (C=O) groups is 3. The summed E-state index contributed by atoms with van der Waals surface area (Å²) >= 11 is 0. The van der Waals surface area contributed by atoms with Gasteiger partial charge in [-0.3, -0.25) is 19.3 Å². The summed E-state index contributed by atoms with van der Waals surface area (Å²) in [5, 5.41) is 9.50. The fourth-order valence-corrected chi connectivity index (χ4v) is 6.55. The van der Waals surface area contributed by atoms with Gasteiger partial charge in [0.2, 0.25) is 17.7 Å². The number of carbonyl (C=O) groups excluding carboxylic acids is 3. The summed E-state index contributed by atoms with van der Waals surface area (Å²) in [6, 6.07) is 17.2. The van der Waals surface area contributed by atoms with Gasteiger partial charge < -0.3 is 20.7 Å². The fraction of sp³-hybridized carbons (Fsp3) is 0.514. The lowest BCUT2D eigenvalue weighted by molar-refractivity contribution is -0.140. The van der Waals surface area contributed by atoms with Crippen molar-refractivity contribution in [2.75, 3.05) is 38.2 Å². The van der Waals surface area contributed by atoms with Crippen molar-refractivity contribution < 1.29 is 19.1 Å². The first-order chi connectivity index (χ1) is 20.8. The lowest BCUT2D eigenvalue weighted by Gasteiger charge is -2.40. The van der Waals surface area contributed by atoms with E-state index < -0.39 is 11.5 Å². The van der Waals surface area contributed by atoms with Crippen LogP contribution < -0.4 is 16.0 Å². The molecule has 5 rings (SSSR count). The minimum absolute atomic E-state index is 0.0319. The van der Waals surface area contributed by atoms with E-state index in [1.807, 2.05) is 42.5 Å². The summed E-state index contributed by atoms with van der Waals surface area (Å²) in [6.45, 7) is 7.12. The zero-order valence-corrected chi connectivity index (χ0v) is 25.5. The number of nitrogens with one attached hydrogen (secondary N) is 3. The molecule has 43 heavy (non-hydrogen) atoms. The Kier molecular flexibility index (Phi) is 10.3. The predicted molar refractivity (Wildman–Crippen MR) is 169 cm³/mol. The molecule has 0 radical (unpaired) electrons. The summed E-state index contributed by atoms with van der Waals surface area (Å²) in [5.41, 5.74) is 2.48. The average Bonchev–Trinajstić information content (AvgIpc) is 3.00. The number of nitrogens with zero attached hydrogens (tertiary/aromatic N) is 1. The molecular weight excluding hydrogens is 540 g/mol. The number of amides is 3. The smallest absolute Gasteiger partial charge is 0.243 e. The highest BCUT2D eigenvalue weighted by Gasteiger charge is 2.41. The van der Waals surface area contributed by atoms with Gasteiger partial charge in [-0.15, -0.1) is 0 Å². The molecular formula is C35H46N4O4. The van der Waals surface area contributed by atoms with Crippen LogP contribution in [0.4, 0.5) is 5.69 Å². The van der Waals surface area contributed by atoms with E-state index in [1.165, 1.54) is 5.56 Å². The summed E-state index contributed by atoms with van der Waals surface area (Å²) in [4.78, 5) is 42.7. The third-order valence-electron chi connectivity index (χ3n) is 9.32. The molecule has 1 spiro atoms. The van der Waals surface area contributed by atoms with E-state index in [9.17, 15) is 14.4 Å². The van der Waals surface area contributed by atoms with Crippen LogP contribution in [0.2, 0.25) is 0 Å². The van der Waals surface area contributed by atoms with Crippen LogP contribution in [0.15, 0.2) is 66.7 Å². The van der Waals surface area contributed by atoms with E-state index in [0.29, 0.717) is 64.4 Å². The molecule has 0 saturated carbocycles. The second-order valence-corrected chi connectivity index (χ2v) is 12.7. The third kappa shape index (κ3) is 8.12. The quantitative estimate of drug-likeness (QED) is 0.435. The molecule has 3 amide bonds. The van der Waals surface area contributed by atoms with Gasteiger partial charge in [-0.1, -0.05) is 68.5 Å². The van der Waals surface area contributed by atoms with Gasteiger partial charge in [0.05, 0.1) is 12.0 Å². The molecule has 3 atom stereocenters. The summed E-state index contributed by atoms with van der Waals surface area (Å²) in [7, 11) is 0. The zero-order chi connectivity index (χ0) is 30.2. The van der Waals surface area contributed by atoms with Crippen molar-refractivity contribution in [3.8, 4) is 0 Å². The van der Waals surface area contributed by atoms with E-state index in [4.69, 9.17) is 4.74 Å². The van der Waals surface area contributed by atoms with Crippen molar-refractivity contribution in [1.29, 1.82) is 0 Å². The number of rotatable bonds is 6. The molecule has 3 aliphatic rings. The Morgan fingerprint density at radius 2 is 1.77 bits per heavy atom. The van der Waals surface area contributed by atoms with E-state index in [-0.39, 0.29) is 29.7 Å². The van der Waals surface area contributed by atoms with Crippen LogP contribution in [-0.4, -0.2) is 67.6 Å². The molecule has 0 bridgehead atoms. The highest BCUT2D eigenvalue weighted by Crippen LogP contribution is 2.36.